The van der Waals surface area contributed by atoms with Crippen LogP contribution in [-0.4, -0.2) is 41.7 Å². The molecule has 21 heavy (non-hydrogen) atoms. The number of benzene rings is 1. The van der Waals surface area contributed by atoms with Gasteiger partial charge >= 0.3 is 0 Å². The fourth-order valence-corrected chi connectivity index (χ4v) is 2.55. The zero-order valence-electron chi connectivity index (χ0n) is 12.4. The van der Waals surface area contributed by atoms with Crippen molar-refractivity contribution in [3.05, 3.63) is 29.8 Å². The average molecular weight is 291 g/mol. The largest absolute Gasteiger partial charge is 0.395 e. The highest BCUT2D eigenvalue weighted by Crippen LogP contribution is 2.24. The van der Waals surface area contributed by atoms with E-state index in [0.29, 0.717) is 32.1 Å². The Hall–Kier alpha value is -1.43. The lowest BCUT2D eigenvalue weighted by Crippen LogP contribution is -2.43. The molecule has 0 heterocycles. The summed E-state index contributed by atoms with van der Waals surface area (Å²) in [6.07, 6.45) is 4.08. The SMILES string of the molecule is NCc1ccc(NC(=O)CCN(CCO)C2CCC2)cc1. The van der Waals surface area contributed by atoms with Crippen LogP contribution in [0.2, 0.25) is 0 Å². The molecule has 1 fully saturated rings. The first-order chi connectivity index (χ1) is 10.2. The number of rotatable bonds is 8. The van der Waals surface area contributed by atoms with Gasteiger partial charge in [-0.05, 0) is 30.5 Å². The van der Waals surface area contributed by atoms with Crippen LogP contribution in [0.4, 0.5) is 5.69 Å². The van der Waals surface area contributed by atoms with E-state index >= 15 is 0 Å². The first kappa shape index (κ1) is 15.9. The zero-order valence-corrected chi connectivity index (χ0v) is 12.4. The van der Waals surface area contributed by atoms with Crippen molar-refractivity contribution in [1.82, 2.24) is 4.90 Å². The molecule has 1 aromatic rings. The predicted molar refractivity (Wildman–Crippen MR) is 83.9 cm³/mol. The Kier molecular flexibility index (Phi) is 6.17. The molecule has 1 aromatic carbocycles. The number of nitrogens with zero attached hydrogens (tertiary/aromatic N) is 1. The molecule has 1 aliphatic carbocycles. The fraction of sp³-hybridized carbons (Fsp3) is 0.562. The third kappa shape index (κ3) is 4.81. The molecule has 5 nitrogen and oxygen atoms in total. The van der Waals surface area contributed by atoms with Gasteiger partial charge in [-0.15, -0.1) is 0 Å². The van der Waals surface area contributed by atoms with Gasteiger partial charge in [0, 0.05) is 37.8 Å². The summed E-state index contributed by atoms with van der Waals surface area (Å²) in [7, 11) is 0. The standard InChI is InChI=1S/C16H25N3O2/c17-12-13-4-6-14(7-5-13)18-16(21)8-9-19(10-11-20)15-2-1-3-15/h4-7,15,20H,1-3,8-12,17H2,(H,18,21). The second kappa shape index (κ2) is 8.12. The Morgan fingerprint density at radius 1 is 1.29 bits per heavy atom. The molecule has 0 aliphatic heterocycles. The van der Waals surface area contributed by atoms with E-state index in [0.717, 1.165) is 11.3 Å². The number of nitrogens with one attached hydrogen (secondary N) is 1. The summed E-state index contributed by atoms with van der Waals surface area (Å²) in [4.78, 5) is 14.2. The van der Waals surface area contributed by atoms with E-state index in [1.165, 1.54) is 19.3 Å². The number of nitrogens with two attached hydrogens (primary N) is 1. The van der Waals surface area contributed by atoms with Crippen molar-refractivity contribution in [2.75, 3.05) is 25.0 Å². The number of hydrogen-bond donors (Lipinski definition) is 3. The molecule has 4 N–H and O–H groups in total. The zero-order chi connectivity index (χ0) is 15.1. The Morgan fingerprint density at radius 3 is 2.52 bits per heavy atom. The smallest absolute Gasteiger partial charge is 0.225 e. The van der Waals surface area contributed by atoms with E-state index in [2.05, 4.69) is 10.2 Å². The van der Waals surface area contributed by atoms with Crippen molar-refractivity contribution >= 4 is 11.6 Å². The number of aliphatic hydroxyl groups is 1. The molecule has 0 saturated heterocycles. The maximum atomic E-state index is 12.0. The predicted octanol–water partition coefficient (Wildman–Crippen LogP) is 1.32. The molecule has 0 spiro atoms. The maximum Gasteiger partial charge on any atom is 0.225 e. The van der Waals surface area contributed by atoms with Crippen LogP contribution in [0.15, 0.2) is 24.3 Å². The van der Waals surface area contributed by atoms with Gasteiger partial charge < -0.3 is 16.2 Å². The monoisotopic (exact) mass is 291 g/mol. The number of anilines is 1. The summed E-state index contributed by atoms with van der Waals surface area (Å²) in [6, 6.07) is 8.13. The van der Waals surface area contributed by atoms with E-state index in [9.17, 15) is 4.79 Å². The number of carbonyl (C=O) groups is 1. The van der Waals surface area contributed by atoms with Gasteiger partial charge in [0.15, 0.2) is 0 Å². The van der Waals surface area contributed by atoms with Crippen LogP contribution in [0, 0.1) is 0 Å². The lowest BCUT2D eigenvalue weighted by Gasteiger charge is -2.37. The van der Waals surface area contributed by atoms with E-state index < -0.39 is 0 Å². The molecule has 116 valence electrons. The van der Waals surface area contributed by atoms with Gasteiger partial charge in [0.2, 0.25) is 5.91 Å². The summed E-state index contributed by atoms with van der Waals surface area (Å²) in [5.41, 5.74) is 7.39. The maximum absolute atomic E-state index is 12.0. The van der Waals surface area contributed by atoms with Crippen molar-refractivity contribution in [3.63, 3.8) is 0 Å². The van der Waals surface area contributed by atoms with Crippen LogP contribution in [0.3, 0.4) is 0 Å². The molecular weight excluding hydrogens is 266 g/mol. The van der Waals surface area contributed by atoms with Crippen molar-refractivity contribution in [2.45, 2.75) is 38.3 Å². The van der Waals surface area contributed by atoms with Crippen LogP contribution in [0.1, 0.15) is 31.2 Å². The summed E-state index contributed by atoms with van der Waals surface area (Å²) in [5, 5.41) is 12.0. The Bertz CT molecular complexity index is 443. The molecule has 0 unspecified atom stereocenters. The molecule has 0 radical (unpaired) electrons. The van der Waals surface area contributed by atoms with Gasteiger partial charge in [0.05, 0.1) is 6.61 Å². The van der Waals surface area contributed by atoms with Crippen LogP contribution >= 0.6 is 0 Å². The molecule has 0 bridgehead atoms. The van der Waals surface area contributed by atoms with Crippen LogP contribution in [-0.2, 0) is 11.3 Å². The quantitative estimate of drug-likeness (QED) is 0.675. The van der Waals surface area contributed by atoms with Crippen molar-refractivity contribution in [2.24, 2.45) is 5.73 Å². The lowest BCUT2D eigenvalue weighted by molar-refractivity contribution is -0.116. The lowest BCUT2D eigenvalue weighted by atomic mass is 9.91. The molecule has 1 saturated carbocycles. The van der Waals surface area contributed by atoms with E-state index in [1.807, 2.05) is 24.3 Å². The van der Waals surface area contributed by atoms with Crippen molar-refractivity contribution in [3.8, 4) is 0 Å². The number of carbonyl (C=O) groups excluding carboxylic acids is 1. The Labute approximate surface area is 126 Å². The first-order valence-corrected chi connectivity index (χ1v) is 7.66. The van der Waals surface area contributed by atoms with Gasteiger partial charge in [-0.3, -0.25) is 9.69 Å². The van der Waals surface area contributed by atoms with Gasteiger partial charge in [-0.1, -0.05) is 18.6 Å². The van der Waals surface area contributed by atoms with Gasteiger partial charge in [0.1, 0.15) is 0 Å². The number of aliphatic hydroxyl groups excluding tert-OH is 1. The topological polar surface area (TPSA) is 78.6 Å². The molecule has 0 aromatic heterocycles. The highest BCUT2D eigenvalue weighted by molar-refractivity contribution is 5.90. The van der Waals surface area contributed by atoms with Crippen LogP contribution in [0.5, 0.6) is 0 Å². The summed E-state index contributed by atoms with van der Waals surface area (Å²) < 4.78 is 0. The van der Waals surface area contributed by atoms with E-state index in [1.54, 1.807) is 0 Å². The summed E-state index contributed by atoms with van der Waals surface area (Å²) in [6.45, 7) is 2.02. The van der Waals surface area contributed by atoms with E-state index in [4.69, 9.17) is 10.8 Å². The molecule has 2 rings (SSSR count). The van der Waals surface area contributed by atoms with Gasteiger partial charge in [-0.2, -0.15) is 0 Å². The summed E-state index contributed by atoms with van der Waals surface area (Å²) >= 11 is 0. The highest BCUT2D eigenvalue weighted by atomic mass is 16.3. The van der Waals surface area contributed by atoms with E-state index in [-0.39, 0.29) is 12.5 Å². The highest BCUT2D eigenvalue weighted by Gasteiger charge is 2.24. The van der Waals surface area contributed by atoms with Crippen LogP contribution in [0.25, 0.3) is 0 Å². The summed E-state index contributed by atoms with van der Waals surface area (Å²) in [5.74, 6) is 0.0118. The second-order valence-corrected chi connectivity index (χ2v) is 5.54. The van der Waals surface area contributed by atoms with Crippen molar-refractivity contribution in [1.29, 1.82) is 0 Å². The Morgan fingerprint density at radius 2 is 2.00 bits per heavy atom. The molecular formula is C16H25N3O2. The van der Waals surface area contributed by atoms with Gasteiger partial charge in [-0.25, -0.2) is 0 Å². The third-order valence-corrected chi connectivity index (χ3v) is 4.08. The third-order valence-electron chi connectivity index (χ3n) is 4.08. The average Bonchev–Trinajstić information content (AvgIpc) is 2.44. The minimum Gasteiger partial charge on any atom is -0.395 e. The van der Waals surface area contributed by atoms with Gasteiger partial charge in [0.25, 0.3) is 0 Å². The number of hydrogen-bond acceptors (Lipinski definition) is 4. The van der Waals surface area contributed by atoms with Crippen LogP contribution < -0.4 is 11.1 Å². The molecule has 5 heteroatoms. The molecule has 1 amide bonds. The van der Waals surface area contributed by atoms with Crippen molar-refractivity contribution < 1.29 is 9.90 Å². The molecule has 1 aliphatic rings. The minimum absolute atomic E-state index is 0.0118. The fourth-order valence-electron chi connectivity index (χ4n) is 2.55. The molecule has 0 atom stereocenters. The first-order valence-electron chi connectivity index (χ1n) is 7.66. The minimum atomic E-state index is 0.0118. The Balaban J connectivity index is 1.77. The number of amides is 1. The normalized spacial score (nSPS) is 15.0. The second-order valence-electron chi connectivity index (χ2n) is 5.54.